The first kappa shape index (κ1) is 15.3. The van der Waals surface area contributed by atoms with Crippen LogP contribution in [0.5, 0.6) is 5.75 Å². The third-order valence-electron chi connectivity index (χ3n) is 3.58. The van der Waals surface area contributed by atoms with Crippen molar-refractivity contribution in [1.29, 1.82) is 5.26 Å². The number of benzene rings is 1. The second-order valence-corrected chi connectivity index (χ2v) is 7.22. The van der Waals surface area contributed by atoms with E-state index in [9.17, 15) is 8.42 Å². The highest BCUT2D eigenvalue weighted by molar-refractivity contribution is 7.91. The van der Waals surface area contributed by atoms with Crippen LogP contribution in [0.15, 0.2) is 41.6 Å². The molecule has 0 unspecified atom stereocenters. The zero-order valence-corrected chi connectivity index (χ0v) is 13.1. The lowest BCUT2D eigenvalue weighted by molar-refractivity contribution is 0.357. The molecular formula is C16H15N3O3S. The Bertz CT molecular complexity index is 855. The molecule has 0 radical (unpaired) electrons. The lowest BCUT2D eigenvalue weighted by Gasteiger charge is -2.08. The summed E-state index contributed by atoms with van der Waals surface area (Å²) >= 11 is 0. The van der Waals surface area contributed by atoms with Gasteiger partial charge in [-0.1, -0.05) is 6.07 Å². The molecule has 0 bridgehead atoms. The molecule has 0 spiro atoms. The summed E-state index contributed by atoms with van der Waals surface area (Å²) in [6.45, 7) is 0.959. The number of aromatic nitrogens is 1. The smallest absolute Gasteiger partial charge is 0.197 e. The molecule has 1 N–H and O–H groups in total. The maximum atomic E-state index is 12.2. The molecule has 7 heteroatoms. The van der Waals surface area contributed by atoms with E-state index in [1.54, 1.807) is 0 Å². The summed E-state index contributed by atoms with van der Waals surface area (Å²) in [5, 5.41) is 11.8. The number of fused-ring (bicyclic) bond motifs is 1. The van der Waals surface area contributed by atoms with E-state index in [0.717, 1.165) is 17.9 Å². The normalized spacial score (nSPS) is 13.0. The standard InChI is InChI=1S/C16H15N3O3S/c17-10-12-1-4-16(19-11-12)23(20,21)8-6-18-14-3-2-13-5-7-22-15(13)9-14/h1-4,9,11,18H,5-8H2. The quantitative estimate of drug-likeness (QED) is 0.899. The monoisotopic (exact) mass is 329 g/mol. The van der Waals surface area contributed by atoms with Crippen LogP contribution in [0.3, 0.4) is 0 Å². The van der Waals surface area contributed by atoms with Crippen LogP contribution in [-0.4, -0.2) is 32.3 Å². The maximum Gasteiger partial charge on any atom is 0.197 e. The van der Waals surface area contributed by atoms with Gasteiger partial charge in [-0.15, -0.1) is 0 Å². The van der Waals surface area contributed by atoms with Crippen molar-refractivity contribution in [2.45, 2.75) is 11.4 Å². The number of ether oxygens (including phenoxy) is 1. The number of anilines is 1. The number of hydrogen-bond acceptors (Lipinski definition) is 6. The van der Waals surface area contributed by atoms with Gasteiger partial charge in [-0.25, -0.2) is 13.4 Å². The van der Waals surface area contributed by atoms with Crippen molar-refractivity contribution in [3.8, 4) is 11.8 Å². The van der Waals surface area contributed by atoms with Gasteiger partial charge in [0.2, 0.25) is 0 Å². The van der Waals surface area contributed by atoms with E-state index in [0.29, 0.717) is 12.2 Å². The highest BCUT2D eigenvalue weighted by Crippen LogP contribution is 2.28. The molecule has 1 aliphatic rings. The summed E-state index contributed by atoms with van der Waals surface area (Å²) in [7, 11) is -3.48. The first-order valence-corrected chi connectivity index (χ1v) is 8.82. The summed E-state index contributed by atoms with van der Waals surface area (Å²) < 4.78 is 29.9. The Morgan fingerprint density at radius 1 is 1.30 bits per heavy atom. The van der Waals surface area contributed by atoms with Crippen LogP contribution in [0, 0.1) is 11.3 Å². The molecule has 6 nitrogen and oxygen atoms in total. The van der Waals surface area contributed by atoms with Crippen molar-refractivity contribution in [2.75, 3.05) is 24.2 Å². The minimum absolute atomic E-state index is 0.0180. The average molecular weight is 329 g/mol. The van der Waals surface area contributed by atoms with Crippen molar-refractivity contribution >= 4 is 15.5 Å². The van der Waals surface area contributed by atoms with E-state index in [1.807, 2.05) is 24.3 Å². The van der Waals surface area contributed by atoms with Crippen LogP contribution in [0.25, 0.3) is 0 Å². The molecule has 1 aromatic carbocycles. The number of sulfone groups is 1. The molecule has 1 aromatic heterocycles. The van der Waals surface area contributed by atoms with E-state index in [1.165, 1.54) is 23.9 Å². The lowest BCUT2D eigenvalue weighted by Crippen LogP contribution is -2.17. The molecule has 1 aliphatic heterocycles. The van der Waals surface area contributed by atoms with E-state index in [-0.39, 0.29) is 17.3 Å². The van der Waals surface area contributed by atoms with Crippen molar-refractivity contribution in [1.82, 2.24) is 4.98 Å². The first-order chi connectivity index (χ1) is 11.1. The highest BCUT2D eigenvalue weighted by atomic mass is 32.2. The Morgan fingerprint density at radius 2 is 2.17 bits per heavy atom. The average Bonchev–Trinajstić information content (AvgIpc) is 3.02. The third kappa shape index (κ3) is 3.43. The van der Waals surface area contributed by atoms with Crippen molar-refractivity contribution < 1.29 is 13.2 Å². The van der Waals surface area contributed by atoms with Gasteiger partial charge in [-0.05, 0) is 23.8 Å². The number of rotatable bonds is 5. The largest absolute Gasteiger partial charge is 0.493 e. The van der Waals surface area contributed by atoms with Crippen molar-refractivity contribution in [2.24, 2.45) is 0 Å². The molecule has 2 aromatic rings. The van der Waals surface area contributed by atoms with Crippen LogP contribution < -0.4 is 10.1 Å². The maximum absolute atomic E-state index is 12.2. The molecule has 3 rings (SSSR count). The minimum Gasteiger partial charge on any atom is -0.493 e. The SMILES string of the molecule is N#Cc1ccc(S(=O)(=O)CCNc2ccc3c(c2)OCC3)nc1. The summed E-state index contributed by atoms with van der Waals surface area (Å²) in [5.41, 5.74) is 2.33. The van der Waals surface area contributed by atoms with Crippen LogP contribution in [0.1, 0.15) is 11.1 Å². The summed E-state index contributed by atoms with van der Waals surface area (Å²) in [6.07, 6.45) is 2.17. The van der Waals surface area contributed by atoms with Gasteiger partial charge in [-0.3, -0.25) is 0 Å². The van der Waals surface area contributed by atoms with Crippen LogP contribution in [0.2, 0.25) is 0 Å². The molecule has 0 amide bonds. The molecule has 0 saturated heterocycles. The number of pyridine rings is 1. The molecule has 23 heavy (non-hydrogen) atoms. The Morgan fingerprint density at radius 3 is 2.91 bits per heavy atom. The Hall–Kier alpha value is -2.59. The first-order valence-electron chi connectivity index (χ1n) is 7.17. The zero-order valence-electron chi connectivity index (χ0n) is 12.3. The van der Waals surface area contributed by atoms with E-state index >= 15 is 0 Å². The summed E-state index contributed by atoms with van der Waals surface area (Å²) in [5.74, 6) is 0.774. The fourth-order valence-electron chi connectivity index (χ4n) is 2.34. The molecule has 0 saturated carbocycles. The Kier molecular flexibility index (Phi) is 4.17. The van der Waals surface area contributed by atoms with Gasteiger partial charge in [0.05, 0.1) is 17.9 Å². The molecule has 0 atom stereocenters. The molecule has 118 valence electrons. The molecule has 0 fully saturated rings. The minimum atomic E-state index is -3.48. The second kappa shape index (κ2) is 6.26. The van der Waals surface area contributed by atoms with Gasteiger partial charge in [-0.2, -0.15) is 5.26 Å². The van der Waals surface area contributed by atoms with Gasteiger partial charge < -0.3 is 10.1 Å². The van der Waals surface area contributed by atoms with Crippen molar-refractivity contribution in [3.63, 3.8) is 0 Å². The Labute approximate surface area is 134 Å². The zero-order chi connectivity index (χ0) is 16.3. The van der Waals surface area contributed by atoms with E-state index in [2.05, 4.69) is 10.3 Å². The van der Waals surface area contributed by atoms with Gasteiger partial charge in [0.25, 0.3) is 0 Å². The Balaban J connectivity index is 1.62. The van der Waals surface area contributed by atoms with Crippen LogP contribution in [0.4, 0.5) is 5.69 Å². The number of nitrogens with one attached hydrogen (secondary N) is 1. The number of hydrogen-bond donors (Lipinski definition) is 1. The summed E-state index contributed by atoms with van der Waals surface area (Å²) in [6, 6.07) is 10.5. The third-order valence-corrected chi connectivity index (χ3v) is 5.20. The summed E-state index contributed by atoms with van der Waals surface area (Å²) in [4.78, 5) is 3.84. The topological polar surface area (TPSA) is 92.1 Å². The highest BCUT2D eigenvalue weighted by Gasteiger charge is 2.16. The van der Waals surface area contributed by atoms with Gasteiger partial charge in [0, 0.05) is 30.9 Å². The molecule has 2 heterocycles. The lowest BCUT2D eigenvalue weighted by atomic mass is 10.1. The van der Waals surface area contributed by atoms with E-state index < -0.39 is 9.84 Å². The molecular weight excluding hydrogens is 314 g/mol. The predicted molar refractivity (Wildman–Crippen MR) is 85.1 cm³/mol. The fraction of sp³-hybridized carbons (Fsp3) is 0.250. The fourth-order valence-corrected chi connectivity index (χ4v) is 3.41. The van der Waals surface area contributed by atoms with Crippen molar-refractivity contribution in [3.05, 3.63) is 47.7 Å². The van der Waals surface area contributed by atoms with Crippen LogP contribution in [-0.2, 0) is 16.3 Å². The number of nitrogens with zero attached hydrogens (tertiary/aromatic N) is 2. The number of nitriles is 1. The van der Waals surface area contributed by atoms with E-state index in [4.69, 9.17) is 10.00 Å². The van der Waals surface area contributed by atoms with Gasteiger partial charge in [0.1, 0.15) is 11.8 Å². The van der Waals surface area contributed by atoms with Gasteiger partial charge in [0.15, 0.2) is 14.9 Å². The van der Waals surface area contributed by atoms with Gasteiger partial charge >= 0.3 is 0 Å². The second-order valence-electron chi connectivity index (χ2n) is 5.16. The van der Waals surface area contributed by atoms with Crippen LogP contribution >= 0.6 is 0 Å². The molecule has 0 aliphatic carbocycles. The predicted octanol–water partition coefficient (Wildman–Crippen LogP) is 1.77.